The predicted octanol–water partition coefficient (Wildman–Crippen LogP) is 5.57. The second kappa shape index (κ2) is 5.38. The fourth-order valence-electron chi connectivity index (χ4n) is 1.53. The van der Waals surface area contributed by atoms with E-state index in [2.05, 4.69) is 15.9 Å². The minimum Gasteiger partial charge on any atom is -0.206 e. The van der Waals surface area contributed by atoms with Crippen LogP contribution in [0.3, 0.4) is 0 Å². The Morgan fingerprint density at radius 2 is 1.76 bits per heavy atom. The zero-order chi connectivity index (χ0) is 12.4. The summed E-state index contributed by atoms with van der Waals surface area (Å²) in [6.07, 6.45) is 0. The molecule has 17 heavy (non-hydrogen) atoms. The Labute approximate surface area is 117 Å². The first-order chi connectivity index (χ1) is 8.08. The highest BCUT2D eigenvalue weighted by atomic mass is 79.9. The van der Waals surface area contributed by atoms with Gasteiger partial charge < -0.3 is 0 Å². The number of hydrogen-bond donors (Lipinski definition) is 0. The van der Waals surface area contributed by atoms with Crippen LogP contribution in [-0.4, -0.2) is 0 Å². The smallest absolute Gasteiger partial charge is 0.137 e. The quantitative estimate of drug-likeness (QED) is 0.630. The summed E-state index contributed by atoms with van der Waals surface area (Å²) in [7, 11) is 0. The van der Waals surface area contributed by atoms with Gasteiger partial charge in [-0.15, -0.1) is 11.6 Å². The largest absolute Gasteiger partial charge is 0.206 e. The van der Waals surface area contributed by atoms with E-state index in [0.717, 1.165) is 11.1 Å². The molecule has 0 spiro atoms. The highest BCUT2D eigenvalue weighted by Crippen LogP contribution is 2.32. The zero-order valence-electron chi connectivity index (χ0n) is 8.63. The second-order valence-corrected chi connectivity index (χ2v) is 5.32. The lowest BCUT2D eigenvalue weighted by molar-refractivity contribution is 0.620. The number of halogens is 4. The predicted molar refractivity (Wildman–Crippen MR) is 73.2 cm³/mol. The Morgan fingerprint density at radius 1 is 1.06 bits per heavy atom. The van der Waals surface area contributed by atoms with E-state index in [-0.39, 0.29) is 11.2 Å². The van der Waals surface area contributed by atoms with Gasteiger partial charge in [0.2, 0.25) is 0 Å². The summed E-state index contributed by atoms with van der Waals surface area (Å²) >= 11 is 15.4. The van der Waals surface area contributed by atoms with Crippen molar-refractivity contribution in [1.82, 2.24) is 0 Å². The molecular weight excluding hydrogens is 326 g/mol. The summed E-state index contributed by atoms with van der Waals surface area (Å²) in [6, 6.07) is 12.0. The van der Waals surface area contributed by atoms with Gasteiger partial charge in [0.05, 0.1) is 9.85 Å². The molecule has 0 saturated heterocycles. The molecule has 1 unspecified atom stereocenters. The molecule has 1 atom stereocenters. The summed E-state index contributed by atoms with van der Waals surface area (Å²) in [4.78, 5) is 0. The van der Waals surface area contributed by atoms with E-state index in [4.69, 9.17) is 23.2 Å². The molecule has 0 saturated carbocycles. The average molecular weight is 334 g/mol. The van der Waals surface area contributed by atoms with Crippen LogP contribution in [-0.2, 0) is 0 Å². The van der Waals surface area contributed by atoms with E-state index >= 15 is 0 Å². The van der Waals surface area contributed by atoms with Gasteiger partial charge in [0.25, 0.3) is 0 Å². The summed E-state index contributed by atoms with van der Waals surface area (Å²) in [5.41, 5.74) is 1.71. The van der Waals surface area contributed by atoms with Crippen LogP contribution in [0.15, 0.2) is 46.9 Å². The first kappa shape index (κ1) is 12.9. The molecule has 0 fully saturated rings. The number of benzene rings is 2. The summed E-state index contributed by atoms with van der Waals surface area (Å²) in [6.45, 7) is 0. The minimum atomic E-state index is -0.342. The van der Waals surface area contributed by atoms with Crippen LogP contribution < -0.4 is 0 Å². The van der Waals surface area contributed by atoms with Crippen molar-refractivity contribution in [2.24, 2.45) is 0 Å². The second-order valence-electron chi connectivity index (χ2n) is 3.59. The lowest BCUT2D eigenvalue weighted by Gasteiger charge is -2.11. The van der Waals surface area contributed by atoms with E-state index in [9.17, 15) is 4.39 Å². The van der Waals surface area contributed by atoms with Crippen LogP contribution in [0.25, 0.3) is 0 Å². The van der Waals surface area contributed by atoms with E-state index in [1.165, 1.54) is 6.07 Å². The lowest BCUT2D eigenvalue weighted by Crippen LogP contribution is -1.94. The van der Waals surface area contributed by atoms with Gasteiger partial charge in [-0.05, 0) is 51.3 Å². The highest BCUT2D eigenvalue weighted by molar-refractivity contribution is 9.10. The van der Waals surface area contributed by atoms with Crippen molar-refractivity contribution in [3.63, 3.8) is 0 Å². The third-order valence-electron chi connectivity index (χ3n) is 2.38. The van der Waals surface area contributed by atoms with E-state index in [1.807, 2.05) is 12.1 Å². The molecule has 88 valence electrons. The maximum Gasteiger partial charge on any atom is 0.137 e. The standard InChI is InChI=1S/C13H8BrCl2F/c14-11-7-9(4-5-12(11)17)13(16)8-2-1-3-10(15)6-8/h1-7,13H. The van der Waals surface area contributed by atoms with Gasteiger partial charge in [0, 0.05) is 5.02 Å². The Kier molecular flexibility index (Phi) is 4.08. The van der Waals surface area contributed by atoms with Crippen molar-refractivity contribution in [1.29, 1.82) is 0 Å². The van der Waals surface area contributed by atoms with Gasteiger partial charge in [0.1, 0.15) is 5.82 Å². The van der Waals surface area contributed by atoms with Crippen molar-refractivity contribution in [3.05, 3.63) is 68.9 Å². The SMILES string of the molecule is Fc1ccc(C(Cl)c2cccc(Cl)c2)cc1Br. The van der Waals surface area contributed by atoms with E-state index in [1.54, 1.807) is 24.3 Å². The number of alkyl halides is 1. The molecule has 0 amide bonds. The molecule has 0 aliphatic carbocycles. The zero-order valence-corrected chi connectivity index (χ0v) is 11.7. The summed E-state index contributed by atoms with van der Waals surface area (Å²) in [5.74, 6) is -0.302. The topological polar surface area (TPSA) is 0 Å². The van der Waals surface area contributed by atoms with Crippen molar-refractivity contribution in [3.8, 4) is 0 Å². The van der Waals surface area contributed by atoms with Gasteiger partial charge in [0.15, 0.2) is 0 Å². The molecule has 0 radical (unpaired) electrons. The molecule has 2 rings (SSSR count). The van der Waals surface area contributed by atoms with Crippen LogP contribution in [0.1, 0.15) is 16.5 Å². The van der Waals surface area contributed by atoms with Gasteiger partial charge in [-0.3, -0.25) is 0 Å². The minimum absolute atomic E-state index is 0.302. The number of rotatable bonds is 2. The maximum atomic E-state index is 13.1. The molecule has 0 bridgehead atoms. The van der Waals surface area contributed by atoms with E-state index < -0.39 is 0 Å². The van der Waals surface area contributed by atoms with Gasteiger partial charge in [-0.1, -0.05) is 29.8 Å². The van der Waals surface area contributed by atoms with Crippen molar-refractivity contribution in [2.75, 3.05) is 0 Å². The van der Waals surface area contributed by atoms with Crippen LogP contribution in [0.5, 0.6) is 0 Å². The molecule has 0 nitrogen and oxygen atoms in total. The molecule has 4 heteroatoms. The molecular formula is C13H8BrCl2F. The van der Waals surface area contributed by atoms with Crippen molar-refractivity contribution in [2.45, 2.75) is 5.38 Å². The Morgan fingerprint density at radius 3 is 2.41 bits per heavy atom. The van der Waals surface area contributed by atoms with Crippen LogP contribution >= 0.6 is 39.1 Å². The first-order valence-corrected chi connectivity index (χ1v) is 6.53. The monoisotopic (exact) mass is 332 g/mol. The maximum absolute atomic E-state index is 13.1. The first-order valence-electron chi connectivity index (χ1n) is 4.92. The highest BCUT2D eigenvalue weighted by Gasteiger charge is 2.12. The molecule has 0 aromatic heterocycles. The molecule has 0 N–H and O–H groups in total. The molecule has 0 aliphatic rings. The summed E-state index contributed by atoms with van der Waals surface area (Å²) in [5, 5.41) is 0.292. The normalized spacial score (nSPS) is 12.5. The third kappa shape index (κ3) is 3.01. The molecule has 0 heterocycles. The molecule has 0 aliphatic heterocycles. The van der Waals surface area contributed by atoms with Crippen LogP contribution in [0.2, 0.25) is 5.02 Å². The molecule has 2 aromatic rings. The van der Waals surface area contributed by atoms with Gasteiger partial charge in [-0.2, -0.15) is 0 Å². The van der Waals surface area contributed by atoms with E-state index in [0.29, 0.717) is 9.50 Å². The fraction of sp³-hybridized carbons (Fsp3) is 0.0769. The Balaban J connectivity index is 2.36. The average Bonchev–Trinajstić information content (AvgIpc) is 2.32. The van der Waals surface area contributed by atoms with Crippen LogP contribution in [0.4, 0.5) is 4.39 Å². The Hall–Kier alpha value is -0.570. The van der Waals surface area contributed by atoms with Crippen LogP contribution in [0, 0.1) is 5.82 Å². The van der Waals surface area contributed by atoms with Crippen molar-refractivity contribution < 1.29 is 4.39 Å². The fourth-order valence-corrected chi connectivity index (χ4v) is 2.39. The van der Waals surface area contributed by atoms with Crippen molar-refractivity contribution >= 4 is 39.1 Å². The molecule has 2 aromatic carbocycles. The third-order valence-corrected chi connectivity index (χ3v) is 3.72. The lowest BCUT2D eigenvalue weighted by atomic mass is 10.0. The number of hydrogen-bond acceptors (Lipinski definition) is 0. The van der Waals surface area contributed by atoms with Gasteiger partial charge >= 0.3 is 0 Å². The Bertz CT molecular complexity index is 543. The summed E-state index contributed by atoms with van der Waals surface area (Å²) < 4.78 is 13.5. The van der Waals surface area contributed by atoms with Gasteiger partial charge in [-0.25, -0.2) is 4.39 Å².